The summed E-state index contributed by atoms with van der Waals surface area (Å²) in [6.07, 6.45) is 5.05. The van der Waals surface area contributed by atoms with Gasteiger partial charge in [-0.3, -0.25) is 33.6 Å². The summed E-state index contributed by atoms with van der Waals surface area (Å²) < 4.78 is 16.8. The highest BCUT2D eigenvalue weighted by molar-refractivity contribution is 7.98. The number of rotatable bonds is 47. The average molecular weight is 945 g/mol. The molecule has 0 saturated heterocycles. The van der Waals surface area contributed by atoms with Crippen LogP contribution in [-0.4, -0.2) is 220 Å². The first-order valence-corrected chi connectivity index (χ1v) is 24.5. The van der Waals surface area contributed by atoms with Crippen molar-refractivity contribution in [2.75, 3.05) is 156 Å². The van der Waals surface area contributed by atoms with Crippen LogP contribution in [0.5, 0.6) is 0 Å². The summed E-state index contributed by atoms with van der Waals surface area (Å²) in [7, 11) is 4.50. The lowest BCUT2D eigenvalue weighted by Gasteiger charge is -2.24. The van der Waals surface area contributed by atoms with Crippen LogP contribution in [-0.2, 0) is 47.8 Å². The van der Waals surface area contributed by atoms with Crippen LogP contribution in [0, 0.1) is 0 Å². The zero-order valence-corrected chi connectivity index (χ0v) is 40.6. The summed E-state index contributed by atoms with van der Waals surface area (Å²) in [5, 5.41) is 8.70. The molecule has 11 N–H and O–H groups in total. The molecule has 0 aliphatic carbocycles. The summed E-state index contributed by atoms with van der Waals surface area (Å²) in [4.78, 5) is 92.0. The molecule has 0 aliphatic heterocycles. The van der Waals surface area contributed by atoms with E-state index in [0.717, 1.165) is 5.75 Å². The third-order valence-corrected chi connectivity index (χ3v) is 10.3. The van der Waals surface area contributed by atoms with E-state index in [9.17, 15) is 33.6 Å². The number of carbonyl (C=O) groups is 7. The van der Waals surface area contributed by atoms with Crippen LogP contribution in [0.1, 0.15) is 70.6 Å². The SMILES string of the molecule is CSCCNC(=O)CCOCCOCCOCCN(CCC(=O)NCCN(CCC(=O)CCN)CCC(=O)CCN)CCC(=O)NCCN(CCC(=O)CCN)CCC(=O)CCN.[B]C. The van der Waals surface area contributed by atoms with Crippen molar-refractivity contribution < 1.29 is 47.8 Å². The van der Waals surface area contributed by atoms with Gasteiger partial charge in [0.2, 0.25) is 17.7 Å². The van der Waals surface area contributed by atoms with Gasteiger partial charge in [0.1, 0.15) is 23.1 Å². The Morgan fingerprint density at radius 3 is 1.08 bits per heavy atom. The standard InChI is InChI=1S/C42H82N10O10S.CH3B/c1-63-35-19-49-42(59)12-29-60-31-33-62-34-32-61-30-28-52(24-10-40(57)47-17-26-50(20-6-36(53)2-13-43)21-7-37(54)3-14-44)25-11-41(58)48-18-27-51(22-8-38(55)4-15-45)23-9-39(56)5-16-46;1-2/h2-35,43-46H2,1H3,(H,47,57)(H,48,58)(H,49,59);1H3. The number of Topliss-reactive ketones (excluding diaryl/α,β-unsaturated/α-hetero) is 4. The molecule has 0 fully saturated rings. The summed E-state index contributed by atoms with van der Waals surface area (Å²) in [6.45, 7) is 9.97. The van der Waals surface area contributed by atoms with Crippen LogP contribution < -0.4 is 38.9 Å². The maximum atomic E-state index is 13.0. The number of ether oxygens (including phenoxy) is 3. The zero-order valence-electron chi connectivity index (χ0n) is 39.8. The van der Waals surface area contributed by atoms with E-state index >= 15 is 0 Å². The first-order valence-electron chi connectivity index (χ1n) is 23.1. The summed E-state index contributed by atoms with van der Waals surface area (Å²) >= 11 is 1.67. The molecule has 0 saturated carbocycles. The van der Waals surface area contributed by atoms with Gasteiger partial charge in [-0.05, 0) is 32.4 Å². The van der Waals surface area contributed by atoms with E-state index in [4.69, 9.17) is 37.1 Å². The van der Waals surface area contributed by atoms with Gasteiger partial charge in [0.25, 0.3) is 0 Å². The number of nitrogens with two attached hydrogens (primary N) is 4. The minimum absolute atomic E-state index is 0.0406. The number of ketones is 4. The topological polar surface area (TPSA) is 297 Å². The number of nitrogens with zero attached hydrogens (tertiary/aromatic N) is 3. The van der Waals surface area contributed by atoms with Gasteiger partial charge >= 0.3 is 0 Å². The van der Waals surface area contributed by atoms with Crippen LogP contribution >= 0.6 is 11.8 Å². The van der Waals surface area contributed by atoms with E-state index in [1.54, 1.807) is 11.8 Å². The van der Waals surface area contributed by atoms with E-state index in [-0.39, 0.29) is 79.9 Å². The molecule has 65 heavy (non-hydrogen) atoms. The lowest BCUT2D eigenvalue weighted by molar-refractivity contribution is -0.123. The third-order valence-electron chi connectivity index (χ3n) is 9.73. The number of carbonyl (C=O) groups excluding carboxylic acids is 7. The molecule has 376 valence electrons. The van der Waals surface area contributed by atoms with Gasteiger partial charge in [0.15, 0.2) is 0 Å². The average Bonchev–Trinajstić information content (AvgIpc) is 3.28. The smallest absolute Gasteiger partial charge is 0.222 e. The van der Waals surface area contributed by atoms with E-state index < -0.39 is 0 Å². The lowest BCUT2D eigenvalue weighted by atomic mass is 10.1. The second-order valence-corrected chi connectivity index (χ2v) is 15.9. The van der Waals surface area contributed by atoms with Crippen molar-refractivity contribution in [3.05, 3.63) is 0 Å². The van der Waals surface area contributed by atoms with Crippen LogP contribution in [0.15, 0.2) is 0 Å². The quantitative estimate of drug-likeness (QED) is 0.0263. The molecule has 20 nitrogen and oxygen atoms in total. The van der Waals surface area contributed by atoms with Crippen LogP contribution in [0.25, 0.3) is 0 Å². The van der Waals surface area contributed by atoms with Crippen molar-refractivity contribution >= 4 is 60.5 Å². The Bertz CT molecular complexity index is 1150. The molecule has 0 atom stereocenters. The van der Waals surface area contributed by atoms with Crippen molar-refractivity contribution in [2.24, 2.45) is 22.9 Å². The van der Waals surface area contributed by atoms with Gasteiger partial charge in [0.05, 0.1) is 47.5 Å². The predicted octanol–water partition coefficient (Wildman–Crippen LogP) is -1.74. The number of hydrogen-bond acceptors (Lipinski definition) is 18. The Morgan fingerprint density at radius 1 is 0.400 bits per heavy atom. The molecule has 0 heterocycles. The molecular formula is C43H85BN10O10S. The van der Waals surface area contributed by atoms with E-state index in [1.807, 2.05) is 21.0 Å². The predicted molar refractivity (Wildman–Crippen MR) is 258 cm³/mol. The van der Waals surface area contributed by atoms with Gasteiger partial charge in [-0.1, -0.05) is 6.82 Å². The fourth-order valence-electron chi connectivity index (χ4n) is 5.97. The zero-order chi connectivity index (χ0) is 48.8. The number of hydrogen-bond donors (Lipinski definition) is 7. The van der Waals surface area contributed by atoms with Gasteiger partial charge < -0.3 is 67.8 Å². The van der Waals surface area contributed by atoms with Crippen molar-refractivity contribution in [2.45, 2.75) is 77.5 Å². The molecule has 0 aromatic rings. The molecule has 0 aliphatic rings. The highest BCUT2D eigenvalue weighted by Gasteiger charge is 2.15. The first-order chi connectivity index (χ1) is 31.5. The molecule has 0 spiro atoms. The lowest BCUT2D eigenvalue weighted by Crippen LogP contribution is -2.40. The molecule has 2 radical (unpaired) electrons. The minimum Gasteiger partial charge on any atom is -0.379 e. The minimum atomic E-state index is -0.175. The van der Waals surface area contributed by atoms with Gasteiger partial charge in [-0.15, -0.1) is 0 Å². The highest BCUT2D eigenvalue weighted by Crippen LogP contribution is 2.02. The molecule has 3 amide bonds. The monoisotopic (exact) mass is 945 g/mol. The third kappa shape index (κ3) is 43.4. The van der Waals surface area contributed by atoms with Crippen molar-refractivity contribution in [3.8, 4) is 0 Å². The van der Waals surface area contributed by atoms with E-state index in [1.165, 1.54) is 6.82 Å². The molecular weight excluding hydrogens is 859 g/mol. The fourth-order valence-corrected chi connectivity index (χ4v) is 6.27. The van der Waals surface area contributed by atoms with Crippen LogP contribution in [0.3, 0.4) is 0 Å². The summed E-state index contributed by atoms with van der Waals surface area (Å²) in [6, 6.07) is 0. The number of amides is 3. The van der Waals surface area contributed by atoms with Crippen molar-refractivity contribution in [3.63, 3.8) is 0 Å². The fraction of sp³-hybridized carbons (Fsp3) is 0.837. The summed E-state index contributed by atoms with van der Waals surface area (Å²) in [5.41, 5.74) is 22.1. The molecule has 0 aromatic heterocycles. The van der Waals surface area contributed by atoms with Gasteiger partial charge in [-0.25, -0.2) is 0 Å². The second kappa shape index (κ2) is 47.6. The highest BCUT2D eigenvalue weighted by atomic mass is 32.2. The second-order valence-electron chi connectivity index (χ2n) is 15.0. The number of thioether (sulfide) groups is 1. The van der Waals surface area contributed by atoms with Crippen LogP contribution in [0.2, 0.25) is 6.82 Å². The van der Waals surface area contributed by atoms with Crippen molar-refractivity contribution in [1.82, 2.24) is 30.7 Å². The Kier molecular flexibility index (Phi) is 47.0. The summed E-state index contributed by atoms with van der Waals surface area (Å²) in [5.74, 6) is 0.666. The molecule has 22 heteroatoms. The Hall–Kier alpha value is -2.90. The van der Waals surface area contributed by atoms with E-state index in [2.05, 4.69) is 23.8 Å². The number of nitrogens with one attached hydrogen (secondary N) is 3. The van der Waals surface area contributed by atoms with Crippen molar-refractivity contribution in [1.29, 1.82) is 0 Å². The Labute approximate surface area is 394 Å². The van der Waals surface area contributed by atoms with Gasteiger partial charge in [0, 0.05) is 155 Å². The maximum Gasteiger partial charge on any atom is 0.222 e. The normalized spacial score (nSPS) is 11.1. The molecule has 0 rings (SSSR count). The maximum absolute atomic E-state index is 13.0. The van der Waals surface area contributed by atoms with Gasteiger partial charge in [-0.2, -0.15) is 11.8 Å². The molecule has 0 bridgehead atoms. The Morgan fingerprint density at radius 2 is 0.708 bits per heavy atom. The molecule has 0 unspecified atom stereocenters. The molecule has 0 aromatic carbocycles. The largest absolute Gasteiger partial charge is 0.379 e. The van der Waals surface area contributed by atoms with Crippen LogP contribution in [0.4, 0.5) is 0 Å². The Balaban J connectivity index is 0. The first kappa shape index (κ1) is 64.2. The van der Waals surface area contributed by atoms with E-state index in [0.29, 0.717) is 176 Å².